The summed E-state index contributed by atoms with van der Waals surface area (Å²) in [6.45, 7) is 4.41. The topological polar surface area (TPSA) is 46.9 Å². The first-order valence-electron chi connectivity index (χ1n) is 11.4. The average Bonchev–Trinajstić information content (AvgIpc) is 2.84. The maximum Gasteiger partial charge on any atom is 0.115 e. The lowest BCUT2D eigenvalue weighted by Gasteiger charge is -2.34. The molecule has 1 heterocycles. The van der Waals surface area contributed by atoms with Gasteiger partial charge in [0, 0.05) is 38.5 Å². The zero-order chi connectivity index (χ0) is 22.3. The Balaban J connectivity index is 0.00000204. The van der Waals surface area contributed by atoms with Gasteiger partial charge in [0.05, 0.1) is 0 Å². The van der Waals surface area contributed by atoms with E-state index in [4.69, 9.17) is 0 Å². The fourth-order valence-corrected chi connectivity index (χ4v) is 4.36. The molecule has 34 heavy (non-hydrogen) atoms. The largest absolute Gasteiger partial charge is 0.508 e. The molecule has 182 valence electrons. The Morgan fingerprint density at radius 1 is 0.735 bits per heavy atom. The van der Waals surface area contributed by atoms with Crippen LogP contribution in [-0.2, 0) is 0 Å². The first kappa shape index (κ1) is 27.7. The molecule has 1 aliphatic rings. The summed E-state index contributed by atoms with van der Waals surface area (Å²) in [4.78, 5) is 4.81. The van der Waals surface area contributed by atoms with Gasteiger partial charge in [0.25, 0.3) is 0 Å². The van der Waals surface area contributed by atoms with Crippen molar-refractivity contribution in [1.82, 2.24) is 4.90 Å². The quantitative estimate of drug-likeness (QED) is 0.407. The van der Waals surface area contributed by atoms with Gasteiger partial charge in [-0.3, -0.25) is 0 Å². The normalized spacial score (nSPS) is 14.6. The fraction of sp³-hybridized carbons (Fsp3) is 0.286. The molecule has 3 aromatic carbocycles. The number of benzene rings is 3. The van der Waals surface area contributed by atoms with Crippen LogP contribution < -0.4 is 4.90 Å². The molecule has 0 aliphatic carbocycles. The number of nitrogens with zero attached hydrogens (tertiary/aromatic N) is 2. The second kappa shape index (κ2) is 13.4. The van der Waals surface area contributed by atoms with Gasteiger partial charge in [0.1, 0.15) is 5.75 Å². The summed E-state index contributed by atoms with van der Waals surface area (Å²) < 4.78 is 0. The van der Waals surface area contributed by atoms with Crippen LogP contribution in [0.15, 0.2) is 78.9 Å². The van der Waals surface area contributed by atoms with E-state index in [0.717, 1.165) is 54.9 Å². The first-order chi connectivity index (χ1) is 15.7. The molecule has 4 rings (SSSR count). The second-order valence-corrected chi connectivity index (χ2v) is 8.43. The number of anilines is 1. The van der Waals surface area contributed by atoms with Gasteiger partial charge in [-0.15, -0.1) is 24.8 Å². The maximum absolute atomic E-state index is 9.85. The number of aliphatic hydroxyl groups excluding tert-OH is 1. The minimum Gasteiger partial charge on any atom is -0.508 e. The average molecular weight is 501 g/mol. The summed E-state index contributed by atoms with van der Waals surface area (Å²) in [7, 11) is 2.17. The summed E-state index contributed by atoms with van der Waals surface area (Å²) in [6, 6.07) is 26.7. The molecule has 0 aromatic heterocycles. The smallest absolute Gasteiger partial charge is 0.115 e. The Labute approximate surface area is 215 Å². The van der Waals surface area contributed by atoms with Crippen LogP contribution in [0.3, 0.4) is 0 Å². The highest BCUT2D eigenvalue weighted by Gasteiger charge is 2.17. The molecule has 1 aliphatic heterocycles. The van der Waals surface area contributed by atoms with Crippen LogP contribution in [0.5, 0.6) is 5.75 Å². The third kappa shape index (κ3) is 6.77. The van der Waals surface area contributed by atoms with Gasteiger partial charge in [0.15, 0.2) is 0 Å². The van der Waals surface area contributed by atoms with Gasteiger partial charge in [0.2, 0.25) is 0 Å². The lowest BCUT2D eigenvalue weighted by atomic mass is 9.87. The molecule has 0 amide bonds. The van der Waals surface area contributed by atoms with Crippen molar-refractivity contribution in [2.24, 2.45) is 0 Å². The van der Waals surface area contributed by atoms with Crippen LogP contribution in [0.1, 0.15) is 29.5 Å². The standard InChI is InChI=1S/C28H32N2O2.2ClH/c1-29-17-19-30(20-18-29)25-13-9-23(10-14-25)28(24-11-15-26(32)16-12-24)27(8-5-21-31)22-6-3-2-4-7-22;;/h2-4,6-7,9-16,31-32H,5,8,17-21H2,1H3;2*1H/b28-27+;;. The van der Waals surface area contributed by atoms with Crippen molar-refractivity contribution in [2.45, 2.75) is 12.8 Å². The highest BCUT2D eigenvalue weighted by Crippen LogP contribution is 2.36. The van der Waals surface area contributed by atoms with Gasteiger partial charge >= 0.3 is 0 Å². The molecule has 1 fully saturated rings. The third-order valence-corrected chi connectivity index (χ3v) is 6.19. The van der Waals surface area contributed by atoms with Crippen LogP contribution in [0.2, 0.25) is 0 Å². The number of phenolic OH excluding ortho intramolecular Hbond substituents is 1. The molecule has 0 atom stereocenters. The van der Waals surface area contributed by atoms with Crippen LogP contribution in [0.4, 0.5) is 5.69 Å². The van der Waals surface area contributed by atoms with Crippen molar-refractivity contribution < 1.29 is 10.2 Å². The molecule has 3 aromatic rings. The SMILES string of the molecule is CN1CCN(c2ccc(/C(=C(/CCCO)c3ccccc3)c3ccc(O)cc3)cc2)CC1.Cl.Cl. The Hall–Kier alpha value is -2.50. The highest BCUT2D eigenvalue weighted by atomic mass is 35.5. The molecular formula is C28H34Cl2N2O2. The van der Waals surface area contributed by atoms with Crippen LogP contribution in [-0.4, -0.2) is 54.9 Å². The monoisotopic (exact) mass is 500 g/mol. The van der Waals surface area contributed by atoms with Crippen molar-refractivity contribution in [3.05, 3.63) is 95.6 Å². The number of hydrogen-bond acceptors (Lipinski definition) is 4. The van der Waals surface area contributed by atoms with Crippen LogP contribution in [0, 0.1) is 0 Å². The van der Waals surface area contributed by atoms with Crippen molar-refractivity contribution in [3.8, 4) is 5.75 Å². The molecular weight excluding hydrogens is 467 g/mol. The molecule has 0 radical (unpaired) electrons. The number of phenols is 1. The van der Waals surface area contributed by atoms with E-state index in [1.807, 2.05) is 18.2 Å². The number of halogens is 2. The van der Waals surface area contributed by atoms with E-state index in [0.29, 0.717) is 6.42 Å². The number of piperazine rings is 1. The molecule has 1 saturated heterocycles. The van der Waals surface area contributed by atoms with Crippen molar-refractivity contribution >= 4 is 41.6 Å². The minimum absolute atomic E-state index is 0. The van der Waals surface area contributed by atoms with Crippen LogP contribution >= 0.6 is 24.8 Å². The predicted octanol–water partition coefficient (Wildman–Crippen LogP) is 5.72. The Morgan fingerprint density at radius 3 is 1.85 bits per heavy atom. The zero-order valence-electron chi connectivity index (χ0n) is 19.6. The molecule has 0 saturated carbocycles. The van der Waals surface area contributed by atoms with Crippen LogP contribution in [0.25, 0.3) is 11.1 Å². The Kier molecular flexibility index (Phi) is 10.9. The molecule has 4 nitrogen and oxygen atoms in total. The van der Waals surface area contributed by atoms with Crippen molar-refractivity contribution in [1.29, 1.82) is 0 Å². The number of rotatable bonds is 7. The van der Waals surface area contributed by atoms with Gasteiger partial charge in [-0.05, 0) is 72.0 Å². The lowest BCUT2D eigenvalue weighted by molar-refractivity contribution is 0.290. The van der Waals surface area contributed by atoms with E-state index in [1.54, 1.807) is 12.1 Å². The van der Waals surface area contributed by atoms with Crippen molar-refractivity contribution in [2.75, 3.05) is 44.7 Å². The van der Waals surface area contributed by atoms with E-state index >= 15 is 0 Å². The van der Waals surface area contributed by atoms with E-state index < -0.39 is 0 Å². The van der Waals surface area contributed by atoms with E-state index in [9.17, 15) is 10.2 Å². The molecule has 0 unspecified atom stereocenters. The number of likely N-dealkylation sites (N-methyl/N-ethyl adjacent to an activating group) is 1. The van der Waals surface area contributed by atoms with E-state index in [-0.39, 0.29) is 37.2 Å². The number of hydrogen-bond donors (Lipinski definition) is 2. The summed E-state index contributed by atoms with van der Waals surface area (Å²) >= 11 is 0. The summed E-state index contributed by atoms with van der Waals surface area (Å²) in [6.07, 6.45) is 1.47. The fourth-order valence-electron chi connectivity index (χ4n) is 4.36. The molecule has 2 N–H and O–H groups in total. The summed E-state index contributed by atoms with van der Waals surface area (Å²) in [5.74, 6) is 0.259. The summed E-state index contributed by atoms with van der Waals surface area (Å²) in [5.41, 5.74) is 6.97. The Bertz CT molecular complexity index is 1030. The minimum atomic E-state index is 0. The highest BCUT2D eigenvalue weighted by molar-refractivity contribution is 5.98. The number of aromatic hydroxyl groups is 1. The number of allylic oxidation sites excluding steroid dienone is 1. The molecule has 0 bridgehead atoms. The van der Waals surface area contributed by atoms with Gasteiger partial charge < -0.3 is 20.0 Å². The first-order valence-corrected chi connectivity index (χ1v) is 11.4. The predicted molar refractivity (Wildman–Crippen MR) is 147 cm³/mol. The van der Waals surface area contributed by atoms with E-state index in [2.05, 4.69) is 65.4 Å². The van der Waals surface area contributed by atoms with Crippen molar-refractivity contribution in [3.63, 3.8) is 0 Å². The lowest BCUT2D eigenvalue weighted by Crippen LogP contribution is -2.44. The molecule has 0 spiro atoms. The maximum atomic E-state index is 9.85. The second-order valence-electron chi connectivity index (χ2n) is 8.43. The van der Waals surface area contributed by atoms with Gasteiger partial charge in [-0.1, -0.05) is 54.6 Å². The van der Waals surface area contributed by atoms with Gasteiger partial charge in [-0.25, -0.2) is 0 Å². The van der Waals surface area contributed by atoms with Gasteiger partial charge in [-0.2, -0.15) is 0 Å². The molecule has 6 heteroatoms. The third-order valence-electron chi connectivity index (χ3n) is 6.19. The Morgan fingerprint density at radius 2 is 1.29 bits per heavy atom. The van der Waals surface area contributed by atoms with E-state index in [1.165, 1.54) is 11.3 Å². The zero-order valence-corrected chi connectivity index (χ0v) is 21.2. The summed E-state index contributed by atoms with van der Waals surface area (Å²) in [5, 5.41) is 19.4. The number of aliphatic hydroxyl groups is 1.